The molecule has 0 unspecified atom stereocenters. The third kappa shape index (κ3) is 3.72. The summed E-state index contributed by atoms with van der Waals surface area (Å²) in [5, 5.41) is 2.75. The Bertz CT molecular complexity index is 1000. The van der Waals surface area contributed by atoms with Gasteiger partial charge >= 0.3 is 11.1 Å². The van der Waals surface area contributed by atoms with Gasteiger partial charge in [0.2, 0.25) is 0 Å². The maximum Gasteiger partial charge on any atom is 0.314 e. The van der Waals surface area contributed by atoms with E-state index in [4.69, 9.17) is 0 Å². The molecular formula is C15H12BrClN4O3. The minimum atomic E-state index is -0.736. The Morgan fingerprint density at radius 1 is 1.21 bits per heavy atom. The topological polar surface area (TPSA) is 108 Å². The average molecular weight is 412 g/mol. The van der Waals surface area contributed by atoms with Gasteiger partial charge in [0.25, 0.3) is 5.91 Å². The summed E-state index contributed by atoms with van der Waals surface area (Å²) in [7, 11) is 0. The second-order valence-electron chi connectivity index (χ2n) is 4.82. The quantitative estimate of drug-likeness (QED) is 0.570. The van der Waals surface area contributed by atoms with Crippen LogP contribution in [0.15, 0.2) is 50.7 Å². The molecule has 2 heterocycles. The van der Waals surface area contributed by atoms with E-state index in [9.17, 15) is 14.4 Å². The van der Waals surface area contributed by atoms with Crippen LogP contribution in [-0.4, -0.2) is 20.9 Å². The first-order chi connectivity index (χ1) is 11.0. The third-order valence-electron chi connectivity index (χ3n) is 3.24. The number of nitrogens with one attached hydrogen (secondary N) is 3. The first-order valence-electron chi connectivity index (χ1n) is 6.67. The molecule has 0 saturated heterocycles. The van der Waals surface area contributed by atoms with Crippen molar-refractivity contribution >= 4 is 45.3 Å². The van der Waals surface area contributed by atoms with Crippen LogP contribution in [0.25, 0.3) is 11.0 Å². The fraction of sp³-hybridized carbons (Fsp3) is 0.0667. The summed E-state index contributed by atoms with van der Waals surface area (Å²) in [5.41, 5.74) is 0.605. The van der Waals surface area contributed by atoms with E-state index in [-0.39, 0.29) is 24.9 Å². The molecule has 0 aliphatic rings. The number of aromatic nitrogens is 3. The van der Waals surface area contributed by atoms with E-state index >= 15 is 0 Å². The molecule has 2 aromatic heterocycles. The highest BCUT2D eigenvalue weighted by molar-refractivity contribution is 9.10. The molecular weight excluding hydrogens is 400 g/mol. The largest absolute Gasteiger partial charge is 0.348 e. The van der Waals surface area contributed by atoms with Gasteiger partial charge in [0, 0.05) is 23.4 Å². The predicted octanol–water partition coefficient (Wildman–Crippen LogP) is 1.73. The molecule has 7 nitrogen and oxygen atoms in total. The lowest BCUT2D eigenvalue weighted by Crippen LogP contribution is -2.30. The first kappa shape index (κ1) is 17.9. The standard InChI is InChI=1S/C15H11BrN4O3.ClH/c16-10-4-9(7-18-13(21)8-2-1-3-17-6-8)12-11(5-10)19-14(22)15(23)20-12;/h1-6H,7H2,(H,18,21)(H,19,22)(H,20,23);1H. The lowest BCUT2D eigenvalue weighted by Gasteiger charge is -2.09. The molecule has 3 rings (SSSR count). The highest BCUT2D eigenvalue weighted by Gasteiger charge is 2.09. The maximum absolute atomic E-state index is 12.1. The van der Waals surface area contributed by atoms with Crippen molar-refractivity contribution < 1.29 is 4.79 Å². The third-order valence-corrected chi connectivity index (χ3v) is 3.70. The number of nitrogens with zero attached hydrogens (tertiary/aromatic N) is 1. The number of pyridine rings is 1. The fourth-order valence-corrected chi connectivity index (χ4v) is 2.68. The van der Waals surface area contributed by atoms with Gasteiger partial charge < -0.3 is 15.3 Å². The Hall–Kier alpha value is -2.45. The maximum atomic E-state index is 12.1. The van der Waals surface area contributed by atoms with Gasteiger partial charge in [-0.15, -0.1) is 12.4 Å². The smallest absolute Gasteiger partial charge is 0.314 e. The Kier molecular flexibility index (Phi) is 5.53. The summed E-state index contributed by atoms with van der Waals surface area (Å²) in [4.78, 5) is 43.9. The van der Waals surface area contributed by atoms with Crippen LogP contribution >= 0.6 is 28.3 Å². The van der Waals surface area contributed by atoms with E-state index in [2.05, 4.69) is 36.2 Å². The molecule has 0 atom stereocenters. The fourth-order valence-electron chi connectivity index (χ4n) is 2.17. The number of hydrogen-bond donors (Lipinski definition) is 3. The van der Waals surface area contributed by atoms with E-state index in [1.807, 2.05) is 0 Å². The second kappa shape index (κ2) is 7.41. The highest BCUT2D eigenvalue weighted by Crippen LogP contribution is 2.20. The van der Waals surface area contributed by atoms with Gasteiger partial charge in [-0.25, -0.2) is 0 Å². The van der Waals surface area contributed by atoms with Crippen molar-refractivity contribution in [1.82, 2.24) is 20.3 Å². The number of carbonyl (C=O) groups excluding carboxylic acids is 1. The van der Waals surface area contributed by atoms with Gasteiger partial charge in [-0.2, -0.15) is 0 Å². The number of halogens is 2. The molecule has 1 aromatic carbocycles. The van der Waals surface area contributed by atoms with Crippen LogP contribution in [0.5, 0.6) is 0 Å². The zero-order valence-electron chi connectivity index (χ0n) is 12.1. The molecule has 124 valence electrons. The molecule has 0 saturated carbocycles. The predicted molar refractivity (Wildman–Crippen MR) is 95.5 cm³/mol. The molecule has 3 N–H and O–H groups in total. The van der Waals surface area contributed by atoms with Crippen LogP contribution in [0.4, 0.5) is 0 Å². The SMILES string of the molecule is Cl.O=C(NCc1cc(Br)cc2[nH]c(=O)c(=O)[nH]c12)c1cccnc1. The van der Waals surface area contributed by atoms with Gasteiger partial charge in [-0.05, 0) is 29.8 Å². The number of amides is 1. The van der Waals surface area contributed by atoms with Crippen molar-refractivity contribution in [2.24, 2.45) is 0 Å². The van der Waals surface area contributed by atoms with Gasteiger partial charge in [0.05, 0.1) is 16.6 Å². The summed E-state index contributed by atoms with van der Waals surface area (Å²) in [5.74, 6) is -0.280. The average Bonchev–Trinajstić information content (AvgIpc) is 2.55. The lowest BCUT2D eigenvalue weighted by molar-refractivity contribution is 0.0950. The van der Waals surface area contributed by atoms with Gasteiger partial charge in [0.15, 0.2) is 0 Å². The number of benzene rings is 1. The van der Waals surface area contributed by atoms with Crippen LogP contribution < -0.4 is 16.4 Å². The zero-order valence-corrected chi connectivity index (χ0v) is 14.5. The molecule has 9 heteroatoms. The minimum Gasteiger partial charge on any atom is -0.348 e. The van der Waals surface area contributed by atoms with Crippen molar-refractivity contribution in [1.29, 1.82) is 0 Å². The van der Waals surface area contributed by atoms with E-state index in [1.165, 1.54) is 6.20 Å². The number of aromatic amines is 2. The minimum absolute atomic E-state index is 0. The summed E-state index contributed by atoms with van der Waals surface area (Å²) >= 11 is 3.34. The normalized spacial score (nSPS) is 10.2. The summed E-state index contributed by atoms with van der Waals surface area (Å²) in [6.07, 6.45) is 3.05. The number of rotatable bonds is 3. The van der Waals surface area contributed by atoms with E-state index in [0.29, 0.717) is 22.2 Å². The number of fused-ring (bicyclic) bond motifs is 1. The molecule has 0 bridgehead atoms. The van der Waals surface area contributed by atoms with Crippen LogP contribution in [-0.2, 0) is 6.54 Å². The Balaban J connectivity index is 0.00000208. The van der Waals surface area contributed by atoms with Crippen molar-refractivity contribution in [2.75, 3.05) is 0 Å². The molecule has 3 aromatic rings. The van der Waals surface area contributed by atoms with Crippen LogP contribution in [0.3, 0.4) is 0 Å². The Labute approximate surface area is 150 Å². The molecule has 1 amide bonds. The molecule has 0 aliphatic heterocycles. The van der Waals surface area contributed by atoms with Gasteiger partial charge in [-0.1, -0.05) is 15.9 Å². The van der Waals surface area contributed by atoms with Crippen molar-refractivity contribution in [3.05, 3.63) is 73.0 Å². The van der Waals surface area contributed by atoms with Crippen LogP contribution in [0, 0.1) is 0 Å². The molecule has 24 heavy (non-hydrogen) atoms. The van der Waals surface area contributed by atoms with Crippen molar-refractivity contribution in [2.45, 2.75) is 6.54 Å². The van der Waals surface area contributed by atoms with E-state index < -0.39 is 11.1 Å². The molecule has 0 fully saturated rings. The van der Waals surface area contributed by atoms with Crippen molar-refractivity contribution in [3.8, 4) is 0 Å². The molecule has 0 spiro atoms. The molecule has 0 aliphatic carbocycles. The second-order valence-corrected chi connectivity index (χ2v) is 5.74. The van der Waals surface area contributed by atoms with Gasteiger partial charge in [-0.3, -0.25) is 19.4 Å². The van der Waals surface area contributed by atoms with E-state index in [0.717, 1.165) is 4.47 Å². The summed E-state index contributed by atoms with van der Waals surface area (Å²) in [6, 6.07) is 6.77. The number of H-pyrrole nitrogens is 2. The monoisotopic (exact) mass is 410 g/mol. The number of carbonyl (C=O) groups is 1. The summed E-state index contributed by atoms with van der Waals surface area (Å²) in [6.45, 7) is 0.186. The Morgan fingerprint density at radius 2 is 1.96 bits per heavy atom. The van der Waals surface area contributed by atoms with E-state index in [1.54, 1.807) is 30.5 Å². The highest BCUT2D eigenvalue weighted by atomic mass is 79.9. The number of hydrogen-bond acceptors (Lipinski definition) is 4. The van der Waals surface area contributed by atoms with Crippen LogP contribution in [0.1, 0.15) is 15.9 Å². The zero-order chi connectivity index (χ0) is 16.4. The first-order valence-corrected chi connectivity index (χ1v) is 7.47. The van der Waals surface area contributed by atoms with Gasteiger partial charge in [0.1, 0.15) is 0 Å². The Morgan fingerprint density at radius 3 is 2.67 bits per heavy atom. The van der Waals surface area contributed by atoms with Crippen molar-refractivity contribution in [3.63, 3.8) is 0 Å². The molecule has 0 radical (unpaired) electrons. The summed E-state index contributed by atoms with van der Waals surface area (Å²) < 4.78 is 0.721. The van der Waals surface area contributed by atoms with Crippen LogP contribution in [0.2, 0.25) is 0 Å². The lowest BCUT2D eigenvalue weighted by atomic mass is 10.1.